The van der Waals surface area contributed by atoms with Crippen molar-refractivity contribution in [2.75, 3.05) is 7.11 Å². The topological polar surface area (TPSA) is 88.4 Å². The Labute approximate surface area is 141 Å². The van der Waals surface area contributed by atoms with Crippen molar-refractivity contribution < 1.29 is 19.1 Å². The molecule has 1 amide bonds. The molecule has 0 aromatic heterocycles. The summed E-state index contributed by atoms with van der Waals surface area (Å²) < 4.78 is 10.5. The van der Waals surface area contributed by atoms with E-state index < -0.39 is 17.6 Å². The van der Waals surface area contributed by atoms with Gasteiger partial charge in [0.1, 0.15) is 11.3 Å². The molecular weight excluding hydrogens is 308 g/mol. The number of hydrogen-bond acceptors (Lipinski definition) is 5. The summed E-state index contributed by atoms with van der Waals surface area (Å²) in [6.07, 6.45) is 3.19. The van der Waals surface area contributed by atoms with Crippen molar-refractivity contribution in [2.45, 2.75) is 50.7 Å². The normalized spacial score (nSPS) is 17.2. The van der Waals surface area contributed by atoms with Crippen molar-refractivity contribution in [3.05, 3.63) is 29.8 Å². The van der Waals surface area contributed by atoms with Crippen LogP contribution < -0.4 is 10.1 Å². The lowest BCUT2D eigenvalue weighted by Gasteiger charge is -2.35. The maximum absolute atomic E-state index is 12.5. The van der Waals surface area contributed by atoms with Crippen LogP contribution in [0.5, 0.6) is 5.75 Å². The van der Waals surface area contributed by atoms with E-state index in [0.29, 0.717) is 24.2 Å². The molecule has 0 aliphatic heterocycles. The molecule has 128 valence electrons. The van der Waals surface area contributed by atoms with Gasteiger partial charge >= 0.3 is 5.97 Å². The third-order valence-electron chi connectivity index (χ3n) is 4.31. The van der Waals surface area contributed by atoms with Crippen molar-refractivity contribution >= 4 is 11.9 Å². The Morgan fingerprint density at radius 3 is 2.38 bits per heavy atom. The Hall–Kier alpha value is -2.55. The van der Waals surface area contributed by atoms with Crippen LogP contribution in [0.25, 0.3) is 0 Å². The maximum atomic E-state index is 12.5. The smallest absolute Gasteiger partial charge is 0.331 e. The van der Waals surface area contributed by atoms with E-state index in [9.17, 15) is 9.59 Å². The van der Waals surface area contributed by atoms with Crippen LogP contribution in [0.4, 0.5) is 0 Å². The SMILES string of the molecule is COC(=O)C1(NC(=O)[C@H](C)Oc2ccc(C#N)cc2)CCCCC1. The van der Waals surface area contributed by atoms with E-state index in [1.807, 2.05) is 6.07 Å². The molecule has 2 rings (SSSR count). The zero-order valence-electron chi connectivity index (χ0n) is 14.0. The summed E-state index contributed by atoms with van der Waals surface area (Å²) in [5, 5.41) is 11.6. The first-order chi connectivity index (χ1) is 11.5. The van der Waals surface area contributed by atoms with Crippen LogP contribution in [0.15, 0.2) is 24.3 Å². The summed E-state index contributed by atoms with van der Waals surface area (Å²) in [7, 11) is 1.33. The first-order valence-corrected chi connectivity index (χ1v) is 8.08. The van der Waals surface area contributed by atoms with Gasteiger partial charge in [-0.3, -0.25) is 4.79 Å². The maximum Gasteiger partial charge on any atom is 0.331 e. The molecule has 1 saturated carbocycles. The number of nitriles is 1. The van der Waals surface area contributed by atoms with Gasteiger partial charge in [0.05, 0.1) is 18.7 Å². The van der Waals surface area contributed by atoms with Gasteiger partial charge in [-0.2, -0.15) is 5.26 Å². The fourth-order valence-corrected chi connectivity index (χ4v) is 2.93. The first-order valence-electron chi connectivity index (χ1n) is 8.08. The van der Waals surface area contributed by atoms with Crippen LogP contribution in [-0.4, -0.2) is 30.6 Å². The van der Waals surface area contributed by atoms with Gasteiger partial charge in [0.15, 0.2) is 6.10 Å². The van der Waals surface area contributed by atoms with Crippen molar-refractivity contribution in [1.29, 1.82) is 5.26 Å². The third-order valence-corrected chi connectivity index (χ3v) is 4.31. The number of nitrogens with one attached hydrogen (secondary N) is 1. The number of methoxy groups -OCH3 is 1. The Bertz CT molecular complexity index is 627. The number of benzene rings is 1. The lowest BCUT2D eigenvalue weighted by atomic mass is 9.81. The second kappa shape index (κ2) is 7.82. The van der Waals surface area contributed by atoms with Crippen molar-refractivity contribution in [1.82, 2.24) is 5.32 Å². The molecule has 0 saturated heterocycles. The van der Waals surface area contributed by atoms with E-state index in [2.05, 4.69) is 5.32 Å². The van der Waals surface area contributed by atoms with E-state index in [-0.39, 0.29) is 5.91 Å². The standard InChI is InChI=1S/C18H22N2O4/c1-13(24-15-8-6-14(12-19)7-9-15)16(21)20-18(17(22)23-2)10-4-3-5-11-18/h6-9,13H,3-5,10-11H2,1-2H3,(H,20,21)/t13-/m0/s1. The van der Waals surface area contributed by atoms with E-state index >= 15 is 0 Å². The highest BCUT2D eigenvalue weighted by Gasteiger charge is 2.42. The van der Waals surface area contributed by atoms with Crippen molar-refractivity contribution in [3.63, 3.8) is 0 Å². The molecule has 1 aliphatic carbocycles. The molecule has 6 heteroatoms. The largest absolute Gasteiger partial charge is 0.481 e. The predicted molar refractivity (Wildman–Crippen MR) is 87.2 cm³/mol. The minimum Gasteiger partial charge on any atom is -0.481 e. The molecule has 0 spiro atoms. The highest BCUT2D eigenvalue weighted by Crippen LogP contribution is 2.29. The van der Waals surface area contributed by atoms with E-state index in [0.717, 1.165) is 19.3 Å². The minimum absolute atomic E-state index is 0.355. The zero-order valence-corrected chi connectivity index (χ0v) is 14.0. The third kappa shape index (κ3) is 4.05. The lowest BCUT2D eigenvalue weighted by Crippen LogP contribution is -2.58. The van der Waals surface area contributed by atoms with Gasteiger partial charge in [-0.15, -0.1) is 0 Å². The zero-order chi connectivity index (χ0) is 17.6. The number of esters is 1. The molecule has 0 heterocycles. The number of ether oxygens (including phenoxy) is 2. The van der Waals surface area contributed by atoms with Gasteiger partial charge in [-0.25, -0.2) is 4.79 Å². The van der Waals surface area contributed by atoms with Gasteiger partial charge in [-0.05, 0) is 44.0 Å². The molecule has 1 fully saturated rings. The van der Waals surface area contributed by atoms with Gasteiger partial charge < -0.3 is 14.8 Å². The first kappa shape index (κ1) is 17.8. The minimum atomic E-state index is -0.952. The number of hydrogen-bond donors (Lipinski definition) is 1. The molecule has 24 heavy (non-hydrogen) atoms. The molecule has 6 nitrogen and oxygen atoms in total. The van der Waals surface area contributed by atoms with Gasteiger partial charge in [0.25, 0.3) is 5.91 Å². The fourth-order valence-electron chi connectivity index (χ4n) is 2.93. The van der Waals surface area contributed by atoms with Crippen LogP contribution >= 0.6 is 0 Å². The average Bonchev–Trinajstić information content (AvgIpc) is 2.62. The molecule has 1 aromatic rings. The van der Waals surface area contributed by atoms with E-state index in [1.165, 1.54) is 7.11 Å². The average molecular weight is 330 g/mol. The Kier molecular flexibility index (Phi) is 5.80. The summed E-state index contributed by atoms with van der Waals surface area (Å²) in [5.74, 6) is -0.264. The van der Waals surface area contributed by atoms with Gasteiger partial charge in [-0.1, -0.05) is 19.3 Å². The quantitative estimate of drug-likeness (QED) is 0.837. The van der Waals surface area contributed by atoms with Gasteiger partial charge in [0, 0.05) is 0 Å². The van der Waals surface area contributed by atoms with Crippen LogP contribution in [-0.2, 0) is 14.3 Å². The number of amides is 1. The summed E-state index contributed by atoms with van der Waals surface area (Å²) >= 11 is 0. The molecule has 1 N–H and O–H groups in total. The van der Waals surface area contributed by atoms with Crippen molar-refractivity contribution in [2.24, 2.45) is 0 Å². The monoisotopic (exact) mass is 330 g/mol. The fraction of sp³-hybridized carbons (Fsp3) is 0.500. The highest BCUT2D eigenvalue weighted by atomic mass is 16.5. The summed E-state index contributed by atoms with van der Waals surface area (Å²) in [5.41, 5.74) is -0.432. The number of carbonyl (C=O) groups is 2. The van der Waals surface area contributed by atoms with Crippen LogP contribution in [0.2, 0.25) is 0 Å². The summed E-state index contributed by atoms with van der Waals surface area (Å²) in [6, 6.07) is 8.54. The second-order valence-corrected chi connectivity index (χ2v) is 6.02. The number of carbonyl (C=O) groups excluding carboxylic acids is 2. The molecule has 0 bridgehead atoms. The number of rotatable bonds is 5. The molecule has 0 radical (unpaired) electrons. The molecule has 1 aliphatic rings. The predicted octanol–water partition coefficient (Wildman–Crippen LogP) is 2.32. The number of nitrogens with zero attached hydrogens (tertiary/aromatic N) is 1. The van der Waals surface area contributed by atoms with Crippen LogP contribution in [0.3, 0.4) is 0 Å². The Morgan fingerprint density at radius 1 is 1.21 bits per heavy atom. The second-order valence-electron chi connectivity index (χ2n) is 6.02. The van der Waals surface area contributed by atoms with Crippen molar-refractivity contribution in [3.8, 4) is 11.8 Å². The van der Waals surface area contributed by atoms with Gasteiger partial charge in [0.2, 0.25) is 0 Å². The molecule has 0 unspecified atom stereocenters. The van der Waals surface area contributed by atoms with E-state index in [1.54, 1.807) is 31.2 Å². The lowest BCUT2D eigenvalue weighted by molar-refractivity contribution is -0.153. The summed E-state index contributed by atoms with van der Waals surface area (Å²) in [4.78, 5) is 24.6. The molecule has 1 atom stereocenters. The summed E-state index contributed by atoms with van der Waals surface area (Å²) in [6.45, 7) is 1.63. The Balaban J connectivity index is 2.03. The molecular formula is C18H22N2O4. The Morgan fingerprint density at radius 2 is 1.83 bits per heavy atom. The molecule has 1 aromatic carbocycles. The van der Waals surface area contributed by atoms with Crippen LogP contribution in [0.1, 0.15) is 44.6 Å². The van der Waals surface area contributed by atoms with E-state index in [4.69, 9.17) is 14.7 Å². The highest BCUT2D eigenvalue weighted by molar-refractivity contribution is 5.90. The van der Waals surface area contributed by atoms with Crippen LogP contribution in [0, 0.1) is 11.3 Å².